The third kappa shape index (κ3) is 2.88. The van der Waals surface area contributed by atoms with Crippen LogP contribution in [0.5, 0.6) is 0 Å². The monoisotopic (exact) mass is 384 g/mol. The lowest BCUT2D eigenvalue weighted by Crippen LogP contribution is -2.33. The number of rotatable bonds is 4. The van der Waals surface area contributed by atoms with Crippen molar-refractivity contribution in [1.29, 1.82) is 0 Å². The maximum Gasteiger partial charge on any atom is 0.222 e. The van der Waals surface area contributed by atoms with Gasteiger partial charge in [0.25, 0.3) is 0 Å². The van der Waals surface area contributed by atoms with Crippen LogP contribution >= 0.6 is 15.9 Å². The lowest BCUT2D eigenvalue weighted by molar-refractivity contribution is -0.130. The van der Waals surface area contributed by atoms with Gasteiger partial charge in [-0.15, -0.1) is 0 Å². The van der Waals surface area contributed by atoms with Crippen LogP contribution in [0.1, 0.15) is 29.5 Å². The molecular weight excluding hydrogens is 364 g/mol. The van der Waals surface area contributed by atoms with Crippen LogP contribution in [0, 0.1) is 12.8 Å². The van der Waals surface area contributed by atoms with Gasteiger partial charge in [0.2, 0.25) is 5.91 Å². The molecule has 1 saturated carbocycles. The van der Waals surface area contributed by atoms with E-state index in [0.717, 1.165) is 29.7 Å². The van der Waals surface area contributed by atoms with Crippen LogP contribution in [-0.4, -0.2) is 28.9 Å². The molecule has 1 aliphatic carbocycles. The van der Waals surface area contributed by atoms with Crippen molar-refractivity contribution < 1.29 is 4.79 Å². The molecule has 1 aliphatic heterocycles. The Morgan fingerprint density at radius 2 is 2.08 bits per heavy atom. The molecular formula is C20H21BrN2O. The standard InChI is InChI=1S/C20H21BrN2O/c1-14-2-6-16(7-3-14)20-10-17(20)12-23(13-20)19(24)9-5-15-4-8-18(21)22-11-15/h2-4,6-8,11,17H,5,9-10,12-13H2,1H3/t17-,20+/m0/s1. The van der Waals surface area contributed by atoms with E-state index in [2.05, 4.69) is 57.0 Å². The van der Waals surface area contributed by atoms with Gasteiger partial charge in [0.1, 0.15) is 4.60 Å². The Morgan fingerprint density at radius 1 is 1.29 bits per heavy atom. The molecule has 1 saturated heterocycles. The first-order valence-electron chi connectivity index (χ1n) is 8.52. The summed E-state index contributed by atoms with van der Waals surface area (Å²) < 4.78 is 0.831. The van der Waals surface area contributed by atoms with Crippen molar-refractivity contribution in [3.8, 4) is 0 Å². The summed E-state index contributed by atoms with van der Waals surface area (Å²) in [6, 6.07) is 12.8. The number of likely N-dealkylation sites (tertiary alicyclic amines) is 1. The van der Waals surface area contributed by atoms with Gasteiger partial charge in [0.05, 0.1) is 0 Å². The first-order valence-corrected chi connectivity index (χ1v) is 9.31. The molecule has 0 spiro atoms. The molecule has 0 N–H and O–H groups in total. The zero-order chi connectivity index (χ0) is 16.7. The normalized spacial score (nSPS) is 24.8. The number of fused-ring (bicyclic) bond motifs is 1. The summed E-state index contributed by atoms with van der Waals surface area (Å²) in [7, 11) is 0. The van der Waals surface area contributed by atoms with Crippen LogP contribution in [0.25, 0.3) is 0 Å². The molecule has 4 heteroatoms. The van der Waals surface area contributed by atoms with Crippen molar-refractivity contribution in [2.75, 3.05) is 13.1 Å². The molecule has 4 rings (SSSR count). The highest BCUT2D eigenvalue weighted by Crippen LogP contribution is 2.59. The highest BCUT2D eigenvalue weighted by atomic mass is 79.9. The van der Waals surface area contributed by atoms with Crippen molar-refractivity contribution in [1.82, 2.24) is 9.88 Å². The minimum atomic E-state index is 0.239. The Kier molecular flexibility index (Phi) is 3.95. The highest BCUT2D eigenvalue weighted by Gasteiger charge is 2.61. The molecule has 24 heavy (non-hydrogen) atoms. The van der Waals surface area contributed by atoms with E-state index in [1.54, 1.807) is 0 Å². The maximum absolute atomic E-state index is 12.6. The highest BCUT2D eigenvalue weighted by molar-refractivity contribution is 9.10. The SMILES string of the molecule is Cc1ccc([C@]23C[C@H]2CN(C(=O)CCc2ccc(Br)nc2)C3)cc1. The largest absolute Gasteiger partial charge is 0.341 e. The van der Waals surface area contributed by atoms with Gasteiger partial charge >= 0.3 is 0 Å². The van der Waals surface area contributed by atoms with Gasteiger partial charge in [-0.1, -0.05) is 35.9 Å². The number of carbonyl (C=O) groups excluding carboxylic acids is 1. The molecule has 3 nitrogen and oxygen atoms in total. The fraction of sp³-hybridized carbons (Fsp3) is 0.400. The summed E-state index contributed by atoms with van der Waals surface area (Å²) in [5.74, 6) is 0.926. The summed E-state index contributed by atoms with van der Waals surface area (Å²) in [6.45, 7) is 3.93. The van der Waals surface area contributed by atoms with Gasteiger partial charge in [-0.25, -0.2) is 4.98 Å². The summed E-state index contributed by atoms with van der Waals surface area (Å²) in [6.07, 6.45) is 4.40. The van der Waals surface area contributed by atoms with Crippen LogP contribution in [0.2, 0.25) is 0 Å². The molecule has 2 aromatic rings. The van der Waals surface area contributed by atoms with Gasteiger partial charge in [-0.05, 0) is 58.8 Å². The molecule has 2 heterocycles. The Bertz CT molecular complexity index is 756. The predicted octanol–water partition coefficient (Wildman–Crippen LogP) is 3.89. The van der Waals surface area contributed by atoms with Crippen LogP contribution in [0.3, 0.4) is 0 Å². The van der Waals surface area contributed by atoms with Crippen LogP contribution in [-0.2, 0) is 16.6 Å². The Labute approximate surface area is 151 Å². The van der Waals surface area contributed by atoms with E-state index in [1.165, 1.54) is 17.5 Å². The number of nitrogens with zero attached hydrogens (tertiary/aromatic N) is 2. The second kappa shape index (κ2) is 5.99. The summed E-state index contributed by atoms with van der Waals surface area (Å²) in [5.41, 5.74) is 4.05. The molecule has 124 valence electrons. The number of halogens is 1. The maximum atomic E-state index is 12.6. The van der Waals surface area contributed by atoms with Crippen molar-refractivity contribution in [3.63, 3.8) is 0 Å². The van der Waals surface area contributed by atoms with E-state index >= 15 is 0 Å². The number of aromatic nitrogens is 1. The minimum absolute atomic E-state index is 0.239. The van der Waals surface area contributed by atoms with Gasteiger partial charge < -0.3 is 4.90 Å². The van der Waals surface area contributed by atoms with Crippen LogP contribution in [0.4, 0.5) is 0 Å². The molecule has 2 aliphatic rings. The van der Waals surface area contributed by atoms with Gasteiger partial charge in [-0.2, -0.15) is 0 Å². The molecule has 2 atom stereocenters. The van der Waals surface area contributed by atoms with Gasteiger partial charge in [0, 0.05) is 31.1 Å². The van der Waals surface area contributed by atoms with Crippen molar-refractivity contribution in [3.05, 3.63) is 63.9 Å². The number of benzene rings is 1. The third-order valence-corrected chi connectivity index (χ3v) is 6.01. The first kappa shape index (κ1) is 15.8. The second-order valence-corrected chi connectivity index (χ2v) is 8.00. The lowest BCUT2D eigenvalue weighted by Gasteiger charge is -2.21. The molecule has 0 radical (unpaired) electrons. The molecule has 0 unspecified atom stereocenters. The zero-order valence-corrected chi connectivity index (χ0v) is 15.4. The average Bonchev–Trinajstić information content (AvgIpc) is 3.16. The molecule has 2 fully saturated rings. The lowest BCUT2D eigenvalue weighted by atomic mass is 9.94. The number of pyridine rings is 1. The summed E-state index contributed by atoms with van der Waals surface area (Å²) in [5, 5.41) is 0. The summed E-state index contributed by atoms with van der Waals surface area (Å²) in [4.78, 5) is 18.9. The second-order valence-electron chi connectivity index (χ2n) is 7.19. The van der Waals surface area contributed by atoms with Crippen molar-refractivity contribution in [2.45, 2.75) is 31.6 Å². The number of aryl methyl sites for hydroxylation is 2. The number of hydrogen-bond acceptors (Lipinski definition) is 2. The van der Waals surface area contributed by atoms with Crippen LogP contribution in [0.15, 0.2) is 47.2 Å². The summed E-state index contributed by atoms with van der Waals surface area (Å²) >= 11 is 3.34. The Balaban J connectivity index is 1.37. The number of carbonyl (C=O) groups is 1. The van der Waals surface area contributed by atoms with E-state index in [1.807, 2.05) is 18.3 Å². The number of hydrogen-bond donors (Lipinski definition) is 0. The quantitative estimate of drug-likeness (QED) is 0.749. The Hall–Kier alpha value is -1.68. The molecule has 1 amide bonds. The van der Waals surface area contributed by atoms with Gasteiger partial charge in [0.15, 0.2) is 0 Å². The van der Waals surface area contributed by atoms with Crippen molar-refractivity contribution >= 4 is 21.8 Å². The fourth-order valence-electron chi connectivity index (χ4n) is 3.97. The topological polar surface area (TPSA) is 33.2 Å². The van der Waals surface area contributed by atoms with E-state index in [4.69, 9.17) is 0 Å². The average molecular weight is 385 g/mol. The third-order valence-electron chi connectivity index (χ3n) is 5.54. The Morgan fingerprint density at radius 3 is 2.79 bits per heavy atom. The molecule has 0 bridgehead atoms. The minimum Gasteiger partial charge on any atom is -0.341 e. The smallest absolute Gasteiger partial charge is 0.222 e. The van der Waals surface area contributed by atoms with Crippen LogP contribution < -0.4 is 0 Å². The number of piperidine rings is 1. The molecule has 1 aromatic heterocycles. The number of amides is 1. The fourth-order valence-corrected chi connectivity index (χ4v) is 4.20. The predicted molar refractivity (Wildman–Crippen MR) is 97.8 cm³/mol. The first-order chi connectivity index (χ1) is 11.6. The van der Waals surface area contributed by atoms with E-state index in [-0.39, 0.29) is 11.3 Å². The van der Waals surface area contributed by atoms with E-state index in [9.17, 15) is 4.79 Å². The van der Waals surface area contributed by atoms with Gasteiger partial charge in [-0.3, -0.25) is 4.79 Å². The zero-order valence-electron chi connectivity index (χ0n) is 13.8. The van der Waals surface area contributed by atoms with Crippen molar-refractivity contribution in [2.24, 2.45) is 5.92 Å². The molecule has 1 aromatic carbocycles. The van der Waals surface area contributed by atoms with E-state index < -0.39 is 0 Å². The van der Waals surface area contributed by atoms with E-state index in [0.29, 0.717) is 12.3 Å².